The van der Waals surface area contributed by atoms with Gasteiger partial charge >= 0.3 is 0 Å². The van der Waals surface area contributed by atoms with Crippen LogP contribution in [0.15, 0.2) is 18.9 Å². The van der Waals surface area contributed by atoms with Gasteiger partial charge in [0.05, 0.1) is 6.20 Å². The van der Waals surface area contributed by atoms with Crippen LogP contribution in [0.1, 0.15) is 16.1 Å². The van der Waals surface area contributed by atoms with Crippen molar-refractivity contribution in [3.05, 3.63) is 30.1 Å². The number of aryl methyl sites for hydroxylation is 1. The van der Waals surface area contributed by atoms with Crippen molar-refractivity contribution in [2.24, 2.45) is 7.05 Å². The number of carbonyl (C=O) groups is 1. The number of amides is 1. The summed E-state index contributed by atoms with van der Waals surface area (Å²) < 4.78 is 1.67. The number of hydrogen-bond acceptors (Lipinski definition) is 3. The van der Waals surface area contributed by atoms with Crippen LogP contribution in [0.25, 0.3) is 0 Å². The molecule has 0 radical (unpaired) electrons. The summed E-state index contributed by atoms with van der Waals surface area (Å²) in [7, 11) is 3.89. The van der Waals surface area contributed by atoms with E-state index in [0.29, 0.717) is 12.1 Å². The first-order chi connectivity index (χ1) is 8.63. The summed E-state index contributed by atoms with van der Waals surface area (Å²) in [6, 6.07) is 0. The van der Waals surface area contributed by atoms with E-state index in [1.54, 1.807) is 17.0 Å². The van der Waals surface area contributed by atoms with Crippen LogP contribution in [-0.2, 0) is 13.5 Å². The van der Waals surface area contributed by atoms with Crippen molar-refractivity contribution in [2.45, 2.75) is 6.42 Å². The lowest BCUT2D eigenvalue weighted by Crippen LogP contribution is -2.47. The number of carbonyl (C=O) groups excluding carboxylic acids is 1. The molecule has 2 heterocycles. The quantitative estimate of drug-likeness (QED) is 0.733. The van der Waals surface area contributed by atoms with E-state index in [4.69, 9.17) is 0 Å². The largest absolute Gasteiger partial charge is 0.335 e. The summed E-state index contributed by atoms with van der Waals surface area (Å²) in [4.78, 5) is 16.6. The van der Waals surface area contributed by atoms with E-state index in [-0.39, 0.29) is 5.91 Å². The highest BCUT2D eigenvalue weighted by Gasteiger charge is 2.24. The third-order valence-corrected chi connectivity index (χ3v) is 3.37. The first-order valence-corrected chi connectivity index (χ1v) is 6.23. The van der Waals surface area contributed by atoms with Crippen LogP contribution in [0, 0.1) is 0 Å². The Balaban J connectivity index is 2.17. The molecule has 1 aliphatic rings. The number of piperazine rings is 1. The molecule has 0 aromatic carbocycles. The fourth-order valence-electron chi connectivity index (χ4n) is 2.22. The molecular formula is C13H20N4O. The summed E-state index contributed by atoms with van der Waals surface area (Å²) in [6.07, 6.45) is 4.24. The molecule has 1 amide bonds. The molecule has 18 heavy (non-hydrogen) atoms. The average molecular weight is 248 g/mol. The van der Waals surface area contributed by atoms with Crippen LogP contribution in [0.4, 0.5) is 0 Å². The van der Waals surface area contributed by atoms with Crippen molar-refractivity contribution in [3.63, 3.8) is 0 Å². The molecule has 0 aliphatic carbocycles. The number of allylic oxidation sites excluding steroid dienone is 1. The van der Waals surface area contributed by atoms with Crippen molar-refractivity contribution in [2.75, 3.05) is 33.2 Å². The van der Waals surface area contributed by atoms with Gasteiger partial charge in [-0.25, -0.2) is 0 Å². The predicted octanol–water partition coefficient (Wildman–Crippen LogP) is 0.536. The Morgan fingerprint density at radius 2 is 2.06 bits per heavy atom. The van der Waals surface area contributed by atoms with Gasteiger partial charge in [-0.2, -0.15) is 5.10 Å². The molecule has 0 atom stereocenters. The third-order valence-electron chi connectivity index (χ3n) is 3.37. The highest BCUT2D eigenvalue weighted by molar-refractivity contribution is 5.94. The molecule has 5 nitrogen and oxygen atoms in total. The Kier molecular flexibility index (Phi) is 3.81. The van der Waals surface area contributed by atoms with E-state index >= 15 is 0 Å². The zero-order chi connectivity index (χ0) is 13.1. The fourth-order valence-corrected chi connectivity index (χ4v) is 2.22. The lowest BCUT2D eigenvalue weighted by molar-refractivity contribution is 0.0652. The van der Waals surface area contributed by atoms with Gasteiger partial charge in [-0.05, 0) is 13.5 Å². The molecule has 0 saturated carbocycles. The number of nitrogens with zero attached hydrogens (tertiary/aromatic N) is 4. The molecule has 1 aliphatic heterocycles. The summed E-state index contributed by atoms with van der Waals surface area (Å²) in [5.74, 6) is 0.0833. The Hall–Kier alpha value is -1.62. The predicted molar refractivity (Wildman–Crippen MR) is 70.5 cm³/mol. The van der Waals surface area contributed by atoms with E-state index in [1.807, 2.05) is 11.9 Å². The van der Waals surface area contributed by atoms with Gasteiger partial charge in [0.15, 0.2) is 0 Å². The van der Waals surface area contributed by atoms with Crippen LogP contribution >= 0.6 is 0 Å². The first-order valence-electron chi connectivity index (χ1n) is 6.23. The van der Waals surface area contributed by atoms with Gasteiger partial charge in [0.25, 0.3) is 5.91 Å². The minimum atomic E-state index is 0.0833. The highest BCUT2D eigenvalue weighted by Crippen LogP contribution is 2.13. The standard InChI is InChI=1S/C13H20N4O/c1-4-5-11-10-14-16(3)12(11)13(18)17-8-6-15(2)7-9-17/h4,10H,1,5-9H2,2-3H3. The Morgan fingerprint density at radius 1 is 1.39 bits per heavy atom. The fraction of sp³-hybridized carbons (Fsp3) is 0.538. The minimum Gasteiger partial charge on any atom is -0.335 e. The van der Waals surface area contributed by atoms with Crippen LogP contribution in [0.2, 0.25) is 0 Å². The Bertz CT molecular complexity index is 444. The molecule has 2 rings (SSSR count). The van der Waals surface area contributed by atoms with Gasteiger partial charge in [-0.3, -0.25) is 9.48 Å². The molecule has 0 bridgehead atoms. The monoisotopic (exact) mass is 248 g/mol. The Morgan fingerprint density at radius 3 is 2.67 bits per heavy atom. The smallest absolute Gasteiger partial charge is 0.272 e. The zero-order valence-electron chi connectivity index (χ0n) is 11.1. The Labute approximate surface area is 108 Å². The van der Waals surface area contributed by atoms with E-state index in [1.165, 1.54) is 0 Å². The minimum absolute atomic E-state index is 0.0833. The zero-order valence-corrected chi connectivity index (χ0v) is 11.1. The van der Waals surface area contributed by atoms with Crippen molar-refractivity contribution in [1.82, 2.24) is 19.6 Å². The van der Waals surface area contributed by atoms with E-state index < -0.39 is 0 Å². The van der Waals surface area contributed by atoms with Crippen LogP contribution in [0.5, 0.6) is 0 Å². The second kappa shape index (κ2) is 5.35. The van der Waals surface area contributed by atoms with E-state index in [2.05, 4.69) is 23.6 Å². The normalized spacial score (nSPS) is 16.9. The highest BCUT2D eigenvalue weighted by atomic mass is 16.2. The summed E-state index contributed by atoms with van der Waals surface area (Å²) >= 11 is 0. The number of likely N-dealkylation sites (N-methyl/N-ethyl adjacent to an activating group) is 1. The molecule has 98 valence electrons. The summed E-state index contributed by atoms with van der Waals surface area (Å²) in [5, 5.41) is 4.18. The molecular weight excluding hydrogens is 228 g/mol. The van der Waals surface area contributed by atoms with Gasteiger partial charge in [-0.1, -0.05) is 6.08 Å². The van der Waals surface area contributed by atoms with Gasteiger partial charge < -0.3 is 9.80 Å². The van der Waals surface area contributed by atoms with Gasteiger partial charge in [-0.15, -0.1) is 6.58 Å². The molecule has 0 spiro atoms. The van der Waals surface area contributed by atoms with E-state index in [0.717, 1.165) is 31.7 Å². The molecule has 1 fully saturated rings. The van der Waals surface area contributed by atoms with Crippen molar-refractivity contribution < 1.29 is 4.79 Å². The molecule has 1 saturated heterocycles. The van der Waals surface area contributed by atoms with E-state index in [9.17, 15) is 4.79 Å². The number of hydrogen-bond donors (Lipinski definition) is 0. The third kappa shape index (κ3) is 2.46. The topological polar surface area (TPSA) is 41.4 Å². The summed E-state index contributed by atoms with van der Waals surface area (Å²) in [5.41, 5.74) is 1.65. The lowest BCUT2D eigenvalue weighted by Gasteiger charge is -2.32. The maximum Gasteiger partial charge on any atom is 0.272 e. The molecule has 0 unspecified atom stereocenters. The van der Waals surface area contributed by atoms with Gasteiger partial charge in [0.2, 0.25) is 0 Å². The molecule has 5 heteroatoms. The van der Waals surface area contributed by atoms with Crippen LogP contribution < -0.4 is 0 Å². The van der Waals surface area contributed by atoms with Crippen LogP contribution in [0.3, 0.4) is 0 Å². The maximum absolute atomic E-state index is 12.5. The average Bonchev–Trinajstić information content (AvgIpc) is 2.71. The first kappa shape index (κ1) is 12.8. The SMILES string of the molecule is C=CCc1cnn(C)c1C(=O)N1CCN(C)CC1. The maximum atomic E-state index is 12.5. The number of aromatic nitrogens is 2. The molecule has 0 N–H and O–H groups in total. The second-order valence-electron chi connectivity index (χ2n) is 4.73. The molecule has 1 aromatic rings. The van der Waals surface area contributed by atoms with Gasteiger partial charge in [0, 0.05) is 38.8 Å². The number of rotatable bonds is 3. The van der Waals surface area contributed by atoms with Crippen molar-refractivity contribution in [3.8, 4) is 0 Å². The van der Waals surface area contributed by atoms with Crippen molar-refractivity contribution in [1.29, 1.82) is 0 Å². The van der Waals surface area contributed by atoms with Crippen LogP contribution in [-0.4, -0.2) is 58.7 Å². The molecule has 1 aromatic heterocycles. The lowest BCUT2D eigenvalue weighted by atomic mass is 10.1. The van der Waals surface area contributed by atoms with Gasteiger partial charge in [0.1, 0.15) is 5.69 Å². The summed E-state index contributed by atoms with van der Waals surface area (Å²) in [6.45, 7) is 7.15. The second-order valence-corrected chi connectivity index (χ2v) is 4.73. The van der Waals surface area contributed by atoms with Crippen molar-refractivity contribution >= 4 is 5.91 Å².